The first kappa shape index (κ1) is 18.2. The van der Waals surface area contributed by atoms with Gasteiger partial charge in [-0.3, -0.25) is 4.57 Å². The Morgan fingerprint density at radius 3 is 2.93 bits per heavy atom. The highest BCUT2D eigenvalue weighted by molar-refractivity contribution is 7.99. The quantitative estimate of drug-likeness (QED) is 0.564. The molecule has 2 aliphatic rings. The maximum atomic E-state index is 10.3. The number of aryl methyl sites for hydroxylation is 2. The molecule has 0 unspecified atom stereocenters. The Morgan fingerprint density at radius 1 is 1.29 bits per heavy atom. The fourth-order valence-electron chi connectivity index (χ4n) is 4.07. The van der Waals surface area contributed by atoms with Gasteiger partial charge in [-0.05, 0) is 42.5 Å². The van der Waals surface area contributed by atoms with E-state index in [-0.39, 0.29) is 16.7 Å². The number of halogens is 1. The minimum atomic E-state index is -0.877. The Kier molecular flexibility index (Phi) is 4.46. The van der Waals surface area contributed by atoms with Gasteiger partial charge in [0, 0.05) is 5.75 Å². The fourth-order valence-corrected chi connectivity index (χ4v) is 5.52. The summed E-state index contributed by atoms with van der Waals surface area (Å²) < 4.78 is 1.77. The summed E-state index contributed by atoms with van der Waals surface area (Å²) in [6.07, 6.45) is 1.99. The van der Waals surface area contributed by atoms with E-state index in [1.807, 2.05) is 0 Å². The van der Waals surface area contributed by atoms with Crippen molar-refractivity contribution in [3.05, 3.63) is 46.5 Å². The number of anilines is 1. The number of aromatic nitrogens is 4. The first-order valence-corrected chi connectivity index (χ1v) is 10.7. The third-order valence-corrected chi connectivity index (χ3v) is 7.03. The second kappa shape index (κ2) is 6.88. The lowest BCUT2D eigenvalue weighted by molar-refractivity contribution is 0.0313. The lowest BCUT2D eigenvalue weighted by Crippen LogP contribution is -2.27. The Bertz CT molecular complexity index is 1060. The summed E-state index contributed by atoms with van der Waals surface area (Å²) in [5, 5.41) is 23.4. The van der Waals surface area contributed by atoms with Crippen molar-refractivity contribution in [2.75, 3.05) is 11.1 Å². The molecule has 1 aromatic carbocycles. The monoisotopic (exact) mass is 417 g/mol. The van der Waals surface area contributed by atoms with E-state index in [1.54, 1.807) is 10.9 Å². The second-order valence-corrected chi connectivity index (χ2v) is 8.87. The van der Waals surface area contributed by atoms with E-state index in [0.717, 1.165) is 12.8 Å². The van der Waals surface area contributed by atoms with E-state index in [0.29, 0.717) is 22.7 Å². The van der Waals surface area contributed by atoms with Gasteiger partial charge in [0.15, 0.2) is 17.0 Å². The minimum Gasteiger partial charge on any atom is -0.389 e. The Hall–Kier alpha value is -1.87. The number of nitrogens with one attached hydrogen (secondary N) is 1. The zero-order valence-corrected chi connectivity index (χ0v) is 16.8. The predicted octanol–water partition coefficient (Wildman–Crippen LogP) is 2.85. The normalized spacial score (nSPS) is 26.7. The maximum Gasteiger partial charge on any atom is 0.226 e. The molecular formula is C19H20ClN5O2S. The molecule has 0 bridgehead atoms. The molecule has 1 aliphatic heterocycles. The van der Waals surface area contributed by atoms with Gasteiger partial charge in [0.05, 0.1) is 18.5 Å². The molecule has 0 radical (unpaired) electrons. The van der Waals surface area contributed by atoms with Crippen LogP contribution in [0.4, 0.5) is 5.82 Å². The summed E-state index contributed by atoms with van der Waals surface area (Å²) in [6.45, 7) is 2.10. The van der Waals surface area contributed by atoms with E-state index in [2.05, 4.69) is 45.4 Å². The van der Waals surface area contributed by atoms with Gasteiger partial charge in [0.2, 0.25) is 5.28 Å². The summed E-state index contributed by atoms with van der Waals surface area (Å²) in [4.78, 5) is 13.2. The molecule has 28 heavy (non-hydrogen) atoms. The topological polar surface area (TPSA) is 96.1 Å². The number of hydrogen-bond acceptors (Lipinski definition) is 7. The number of rotatable bonds is 3. The highest BCUT2D eigenvalue weighted by Gasteiger charge is 2.36. The van der Waals surface area contributed by atoms with Crippen LogP contribution in [0.1, 0.15) is 34.5 Å². The Balaban J connectivity index is 1.51. The molecule has 0 amide bonds. The largest absolute Gasteiger partial charge is 0.389 e. The molecular weight excluding hydrogens is 398 g/mol. The standard InChI is InChI=1S/C19H20ClN5O2S/c1-9-2-4-11-10(6-9)3-5-12(11)22-16-14-17(24-19(20)23-16)25(8-21-14)18-15(27)13(26)7-28-18/h2,4,6,8,12-13,15,18,26-27H,3,5,7H2,1H3,(H,22,23,24)/t12-,13-,15-,18-/m1/s1. The lowest BCUT2D eigenvalue weighted by Gasteiger charge is -2.18. The lowest BCUT2D eigenvalue weighted by atomic mass is 10.1. The first-order valence-electron chi connectivity index (χ1n) is 9.25. The van der Waals surface area contributed by atoms with Crippen LogP contribution in [0.3, 0.4) is 0 Å². The molecule has 5 rings (SSSR count). The van der Waals surface area contributed by atoms with E-state index in [4.69, 9.17) is 11.6 Å². The Morgan fingerprint density at radius 2 is 2.14 bits per heavy atom. The molecule has 4 atom stereocenters. The van der Waals surface area contributed by atoms with Gasteiger partial charge in [0.1, 0.15) is 11.5 Å². The fraction of sp³-hybridized carbons (Fsp3) is 0.421. The third-order valence-electron chi connectivity index (χ3n) is 5.48. The zero-order chi connectivity index (χ0) is 19.4. The van der Waals surface area contributed by atoms with Crippen LogP contribution in [0.25, 0.3) is 11.2 Å². The second-order valence-electron chi connectivity index (χ2n) is 7.39. The van der Waals surface area contributed by atoms with Crippen molar-refractivity contribution in [2.45, 2.75) is 43.4 Å². The number of hydrogen-bond donors (Lipinski definition) is 3. The number of benzene rings is 1. The van der Waals surface area contributed by atoms with Crippen molar-refractivity contribution >= 4 is 40.3 Å². The number of nitrogens with zero attached hydrogens (tertiary/aromatic N) is 4. The number of fused-ring (bicyclic) bond motifs is 2. The van der Waals surface area contributed by atoms with E-state index >= 15 is 0 Å². The minimum absolute atomic E-state index is 0.122. The van der Waals surface area contributed by atoms with Crippen molar-refractivity contribution in [3.8, 4) is 0 Å². The van der Waals surface area contributed by atoms with Crippen LogP contribution in [0, 0.1) is 6.92 Å². The van der Waals surface area contributed by atoms with Crippen LogP contribution in [0.5, 0.6) is 0 Å². The molecule has 146 valence electrons. The van der Waals surface area contributed by atoms with Crippen molar-refractivity contribution in [3.63, 3.8) is 0 Å². The summed E-state index contributed by atoms with van der Waals surface area (Å²) >= 11 is 7.68. The van der Waals surface area contributed by atoms with Crippen LogP contribution < -0.4 is 5.32 Å². The third kappa shape index (κ3) is 2.95. The summed E-state index contributed by atoms with van der Waals surface area (Å²) in [5.41, 5.74) is 5.06. The van der Waals surface area contributed by atoms with E-state index in [1.165, 1.54) is 28.5 Å². The van der Waals surface area contributed by atoms with Gasteiger partial charge in [0.25, 0.3) is 0 Å². The van der Waals surface area contributed by atoms with Gasteiger partial charge in [-0.2, -0.15) is 9.97 Å². The number of aliphatic hydroxyl groups is 2. The molecule has 9 heteroatoms. The number of aliphatic hydroxyl groups excluding tert-OH is 2. The smallest absolute Gasteiger partial charge is 0.226 e. The van der Waals surface area contributed by atoms with Crippen molar-refractivity contribution < 1.29 is 10.2 Å². The summed E-state index contributed by atoms with van der Waals surface area (Å²) in [7, 11) is 0. The summed E-state index contributed by atoms with van der Waals surface area (Å²) in [5.74, 6) is 1.05. The number of thioether (sulfide) groups is 1. The molecule has 1 aliphatic carbocycles. The average molecular weight is 418 g/mol. The highest BCUT2D eigenvalue weighted by atomic mass is 35.5. The van der Waals surface area contributed by atoms with Crippen molar-refractivity contribution in [1.82, 2.24) is 19.5 Å². The van der Waals surface area contributed by atoms with Crippen LogP contribution in [0.15, 0.2) is 24.5 Å². The first-order chi connectivity index (χ1) is 13.5. The van der Waals surface area contributed by atoms with Gasteiger partial charge >= 0.3 is 0 Å². The molecule has 3 aromatic rings. The highest BCUT2D eigenvalue weighted by Crippen LogP contribution is 2.39. The molecule has 0 saturated carbocycles. The SMILES string of the molecule is Cc1ccc2c(c1)CC[C@H]2Nc1nc(Cl)nc2c1ncn2[C@@H]1SC[C@@H](O)[C@H]1O. The van der Waals surface area contributed by atoms with E-state index < -0.39 is 12.2 Å². The molecule has 0 spiro atoms. The summed E-state index contributed by atoms with van der Waals surface area (Å²) in [6, 6.07) is 6.67. The average Bonchev–Trinajstić information content (AvgIpc) is 3.34. The molecule has 7 nitrogen and oxygen atoms in total. The van der Waals surface area contributed by atoms with Gasteiger partial charge < -0.3 is 15.5 Å². The number of imidazole rings is 1. The van der Waals surface area contributed by atoms with Crippen molar-refractivity contribution in [1.29, 1.82) is 0 Å². The Labute approximate surface area is 171 Å². The van der Waals surface area contributed by atoms with Gasteiger partial charge in [-0.1, -0.05) is 23.8 Å². The van der Waals surface area contributed by atoms with Crippen LogP contribution >= 0.6 is 23.4 Å². The van der Waals surface area contributed by atoms with Crippen molar-refractivity contribution in [2.24, 2.45) is 0 Å². The molecule has 2 aromatic heterocycles. The van der Waals surface area contributed by atoms with Crippen LogP contribution in [0.2, 0.25) is 5.28 Å². The molecule has 3 N–H and O–H groups in total. The molecule has 1 saturated heterocycles. The predicted molar refractivity (Wildman–Crippen MR) is 110 cm³/mol. The van der Waals surface area contributed by atoms with Crippen LogP contribution in [-0.2, 0) is 6.42 Å². The molecule has 3 heterocycles. The van der Waals surface area contributed by atoms with Crippen LogP contribution in [-0.4, -0.2) is 47.7 Å². The van der Waals surface area contributed by atoms with E-state index in [9.17, 15) is 10.2 Å². The van der Waals surface area contributed by atoms with Gasteiger partial charge in [-0.15, -0.1) is 11.8 Å². The zero-order valence-electron chi connectivity index (χ0n) is 15.2. The molecule has 1 fully saturated rings. The maximum absolute atomic E-state index is 10.3. The van der Waals surface area contributed by atoms with Gasteiger partial charge in [-0.25, -0.2) is 4.98 Å².